The van der Waals surface area contributed by atoms with Crippen LogP contribution in [0.25, 0.3) is 0 Å². The highest BCUT2D eigenvalue weighted by atomic mass is 16.5. The number of esters is 1. The number of rotatable bonds is 2. The van der Waals surface area contributed by atoms with Gasteiger partial charge in [-0.2, -0.15) is 0 Å². The molecule has 1 aromatic heterocycles. The number of pyridine rings is 1. The summed E-state index contributed by atoms with van der Waals surface area (Å²) < 4.78 is 4.73. The van der Waals surface area contributed by atoms with E-state index in [0.717, 1.165) is 25.9 Å². The van der Waals surface area contributed by atoms with Crippen LogP contribution in [-0.2, 0) is 4.74 Å². The molecule has 0 unspecified atom stereocenters. The van der Waals surface area contributed by atoms with Gasteiger partial charge in [0.2, 0.25) is 0 Å². The number of hydrogen-bond donors (Lipinski definition) is 1. The van der Waals surface area contributed by atoms with Crippen LogP contribution in [0.2, 0.25) is 0 Å². The summed E-state index contributed by atoms with van der Waals surface area (Å²) in [6, 6.07) is 3.29. The van der Waals surface area contributed by atoms with Gasteiger partial charge in [0.25, 0.3) is 0 Å². The van der Waals surface area contributed by atoms with Crippen molar-refractivity contribution in [3.8, 4) is 0 Å². The van der Waals surface area contributed by atoms with E-state index in [9.17, 15) is 4.79 Å². The van der Waals surface area contributed by atoms with Crippen molar-refractivity contribution in [2.24, 2.45) is 0 Å². The maximum absolute atomic E-state index is 11.6. The van der Waals surface area contributed by atoms with Crippen molar-refractivity contribution in [1.29, 1.82) is 0 Å². The molecule has 1 fully saturated rings. The normalized spacial score (nSPS) is 15.2. The number of methoxy groups -OCH3 is 1. The van der Waals surface area contributed by atoms with Gasteiger partial charge in [0.15, 0.2) is 0 Å². The second-order valence-corrected chi connectivity index (χ2v) is 3.79. The summed E-state index contributed by atoms with van der Waals surface area (Å²) in [5.41, 5.74) is 6.13. The number of carbonyl (C=O) groups excluding carboxylic acids is 1. The molecule has 2 N–H and O–H groups in total. The molecule has 5 heteroatoms. The Morgan fingerprint density at radius 2 is 2.12 bits per heavy atom. The third-order valence-electron chi connectivity index (χ3n) is 2.71. The Labute approximate surface area is 94.2 Å². The zero-order chi connectivity index (χ0) is 11.5. The van der Waals surface area contributed by atoms with E-state index < -0.39 is 0 Å². The van der Waals surface area contributed by atoms with Crippen LogP contribution in [-0.4, -0.2) is 31.2 Å². The first-order chi connectivity index (χ1) is 7.72. The molecule has 0 radical (unpaired) electrons. The molecule has 1 aliphatic heterocycles. The van der Waals surface area contributed by atoms with Crippen molar-refractivity contribution in [2.75, 3.05) is 30.8 Å². The Morgan fingerprint density at radius 1 is 1.44 bits per heavy atom. The van der Waals surface area contributed by atoms with Gasteiger partial charge < -0.3 is 15.4 Å². The van der Waals surface area contributed by atoms with E-state index in [1.165, 1.54) is 7.11 Å². The first-order valence-corrected chi connectivity index (χ1v) is 5.32. The fourth-order valence-corrected chi connectivity index (χ4v) is 1.90. The molecule has 86 valence electrons. The van der Waals surface area contributed by atoms with Gasteiger partial charge >= 0.3 is 5.97 Å². The lowest BCUT2D eigenvalue weighted by atomic mass is 10.2. The maximum atomic E-state index is 11.6. The fraction of sp³-hybridized carbons (Fsp3) is 0.455. The standard InChI is InChI=1S/C11H15N3O2/c1-16-11(15)8-4-5-9(12)13-10(8)14-6-2-3-7-14/h4-5H,2-3,6-7H2,1H3,(H2,12,13). The smallest absolute Gasteiger partial charge is 0.341 e. The van der Waals surface area contributed by atoms with Crippen LogP contribution >= 0.6 is 0 Å². The predicted molar refractivity (Wildman–Crippen MR) is 61.4 cm³/mol. The molecule has 1 saturated heterocycles. The minimum atomic E-state index is -0.366. The Hall–Kier alpha value is -1.78. The lowest BCUT2D eigenvalue weighted by Gasteiger charge is -2.19. The Balaban J connectivity index is 2.39. The minimum absolute atomic E-state index is 0.366. The number of ether oxygens (including phenoxy) is 1. The van der Waals surface area contributed by atoms with Crippen LogP contribution < -0.4 is 10.6 Å². The number of nitrogens with zero attached hydrogens (tertiary/aromatic N) is 2. The van der Waals surface area contributed by atoms with Crippen molar-refractivity contribution in [3.63, 3.8) is 0 Å². The molecule has 16 heavy (non-hydrogen) atoms. The first kappa shape index (κ1) is 10.7. The summed E-state index contributed by atoms with van der Waals surface area (Å²) in [7, 11) is 1.37. The fourth-order valence-electron chi connectivity index (χ4n) is 1.90. The van der Waals surface area contributed by atoms with Gasteiger partial charge in [0.1, 0.15) is 17.2 Å². The van der Waals surface area contributed by atoms with Crippen molar-refractivity contribution in [3.05, 3.63) is 17.7 Å². The van der Waals surface area contributed by atoms with E-state index in [1.807, 2.05) is 0 Å². The number of carbonyl (C=O) groups is 1. The largest absolute Gasteiger partial charge is 0.465 e. The summed E-state index contributed by atoms with van der Waals surface area (Å²) >= 11 is 0. The van der Waals surface area contributed by atoms with E-state index in [-0.39, 0.29) is 5.97 Å². The van der Waals surface area contributed by atoms with Crippen LogP contribution in [0, 0.1) is 0 Å². The van der Waals surface area contributed by atoms with Gasteiger partial charge in [-0.3, -0.25) is 0 Å². The van der Waals surface area contributed by atoms with Gasteiger partial charge in [0, 0.05) is 13.1 Å². The van der Waals surface area contributed by atoms with Gasteiger partial charge in [0.05, 0.1) is 7.11 Å². The highest BCUT2D eigenvalue weighted by Crippen LogP contribution is 2.24. The van der Waals surface area contributed by atoms with Crippen molar-refractivity contribution >= 4 is 17.6 Å². The van der Waals surface area contributed by atoms with Crippen LogP contribution in [0.4, 0.5) is 11.6 Å². The van der Waals surface area contributed by atoms with Crippen molar-refractivity contribution < 1.29 is 9.53 Å². The predicted octanol–water partition coefficient (Wildman–Crippen LogP) is 1.05. The summed E-state index contributed by atoms with van der Waals surface area (Å²) in [4.78, 5) is 17.9. The second-order valence-electron chi connectivity index (χ2n) is 3.79. The SMILES string of the molecule is COC(=O)c1ccc(N)nc1N1CCCC1. The molecule has 2 heterocycles. The summed E-state index contributed by atoms with van der Waals surface area (Å²) in [6.45, 7) is 1.83. The maximum Gasteiger partial charge on any atom is 0.341 e. The Morgan fingerprint density at radius 3 is 2.75 bits per heavy atom. The number of anilines is 2. The van der Waals surface area contributed by atoms with Gasteiger partial charge in [-0.15, -0.1) is 0 Å². The molecule has 2 rings (SSSR count). The van der Waals surface area contributed by atoms with Crippen LogP contribution in [0.1, 0.15) is 23.2 Å². The van der Waals surface area contributed by atoms with Crippen molar-refractivity contribution in [2.45, 2.75) is 12.8 Å². The number of nitrogen functional groups attached to an aromatic ring is 1. The van der Waals surface area contributed by atoms with Gasteiger partial charge in [-0.25, -0.2) is 9.78 Å². The minimum Gasteiger partial charge on any atom is -0.465 e. The quantitative estimate of drug-likeness (QED) is 0.756. The first-order valence-electron chi connectivity index (χ1n) is 5.32. The Bertz CT molecular complexity index is 400. The molecule has 0 aromatic carbocycles. The lowest BCUT2D eigenvalue weighted by molar-refractivity contribution is 0.0601. The monoisotopic (exact) mass is 221 g/mol. The van der Waals surface area contributed by atoms with E-state index >= 15 is 0 Å². The van der Waals surface area contributed by atoms with E-state index in [0.29, 0.717) is 17.2 Å². The zero-order valence-electron chi connectivity index (χ0n) is 9.27. The molecule has 0 saturated carbocycles. The summed E-state index contributed by atoms with van der Waals surface area (Å²) in [5, 5.41) is 0. The third kappa shape index (κ3) is 1.93. The molecule has 0 aliphatic carbocycles. The molecule has 1 aromatic rings. The van der Waals surface area contributed by atoms with Crippen molar-refractivity contribution in [1.82, 2.24) is 4.98 Å². The molecule has 1 aliphatic rings. The van der Waals surface area contributed by atoms with E-state index in [1.54, 1.807) is 12.1 Å². The van der Waals surface area contributed by atoms with Crippen LogP contribution in [0.5, 0.6) is 0 Å². The average molecular weight is 221 g/mol. The number of aromatic nitrogens is 1. The second kappa shape index (κ2) is 4.38. The summed E-state index contributed by atoms with van der Waals surface area (Å²) in [6.07, 6.45) is 2.24. The molecular weight excluding hydrogens is 206 g/mol. The highest BCUT2D eigenvalue weighted by Gasteiger charge is 2.21. The molecule has 0 atom stereocenters. The molecule has 5 nitrogen and oxygen atoms in total. The van der Waals surface area contributed by atoms with E-state index in [2.05, 4.69) is 9.88 Å². The average Bonchev–Trinajstić information content (AvgIpc) is 2.81. The van der Waals surface area contributed by atoms with Gasteiger partial charge in [-0.05, 0) is 25.0 Å². The topological polar surface area (TPSA) is 68.5 Å². The van der Waals surface area contributed by atoms with Crippen LogP contribution in [0.15, 0.2) is 12.1 Å². The third-order valence-corrected chi connectivity index (χ3v) is 2.71. The molecule has 0 bridgehead atoms. The molecule has 0 spiro atoms. The summed E-state index contributed by atoms with van der Waals surface area (Å²) in [5.74, 6) is 0.702. The highest BCUT2D eigenvalue weighted by molar-refractivity contribution is 5.95. The number of nitrogens with two attached hydrogens (primary N) is 1. The van der Waals surface area contributed by atoms with E-state index in [4.69, 9.17) is 10.5 Å². The molecular formula is C11H15N3O2. The zero-order valence-corrected chi connectivity index (χ0v) is 9.27. The Kier molecular flexibility index (Phi) is 2.94. The lowest BCUT2D eigenvalue weighted by Crippen LogP contribution is -2.22. The number of hydrogen-bond acceptors (Lipinski definition) is 5. The van der Waals surface area contributed by atoms with Gasteiger partial charge in [-0.1, -0.05) is 0 Å². The molecule has 0 amide bonds. The van der Waals surface area contributed by atoms with Crippen LogP contribution in [0.3, 0.4) is 0 Å².